The number of aryl methyl sites for hydroxylation is 1. The first-order chi connectivity index (χ1) is 7.31. The summed E-state index contributed by atoms with van der Waals surface area (Å²) in [6.45, 7) is 5.28. The average molecular weight is 225 g/mol. The Balaban J connectivity index is 2.11. The van der Waals surface area contributed by atoms with Gasteiger partial charge < -0.3 is 5.73 Å². The van der Waals surface area contributed by atoms with Gasteiger partial charge in [-0.25, -0.2) is 4.98 Å². The van der Waals surface area contributed by atoms with E-state index in [9.17, 15) is 0 Å². The lowest BCUT2D eigenvalue weighted by Gasteiger charge is -2.25. The molecular weight excluding hydrogens is 206 g/mol. The Bertz CT molecular complexity index is 305. The van der Waals surface area contributed by atoms with Crippen molar-refractivity contribution in [3.63, 3.8) is 0 Å². The molecule has 0 spiro atoms. The van der Waals surface area contributed by atoms with E-state index in [0.29, 0.717) is 6.04 Å². The topological polar surface area (TPSA) is 42.1 Å². The number of thiazole rings is 1. The minimum Gasteiger partial charge on any atom is -0.330 e. The number of rotatable bonds is 4. The molecule has 0 aliphatic carbocycles. The van der Waals surface area contributed by atoms with Gasteiger partial charge in [-0.2, -0.15) is 0 Å². The Morgan fingerprint density at radius 2 is 2.27 bits per heavy atom. The summed E-state index contributed by atoms with van der Waals surface area (Å²) in [4.78, 5) is 8.29. The van der Waals surface area contributed by atoms with Crippen molar-refractivity contribution in [1.82, 2.24) is 9.88 Å². The summed E-state index contributed by atoms with van der Waals surface area (Å²) < 4.78 is 0. The van der Waals surface area contributed by atoms with Crippen LogP contribution in [-0.4, -0.2) is 29.5 Å². The van der Waals surface area contributed by atoms with Crippen LogP contribution in [0.3, 0.4) is 0 Å². The van der Waals surface area contributed by atoms with Crippen LogP contribution in [0.1, 0.15) is 35.2 Å². The molecule has 1 aromatic rings. The van der Waals surface area contributed by atoms with Crippen molar-refractivity contribution in [3.8, 4) is 0 Å². The Morgan fingerprint density at radius 1 is 1.53 bits per heavy atom. The molecular formula is C11H19N3S. The van der Waals surface area contributed by atoms with Crippen molar-refractivity contribution in [2.75, 3.05) is 19.6 Å². The second-order valence-corrected chi connectivity index (χ2v) is 5.38. The van der Waals surface area contributed by atoms with Gasteiger partial charge >= 0.3 is 0 Å². The lowest BCUT2D eigenvalue weighted by Crippen LogP contribution is -2.26. The summed E-state index contributed by atoms with van der Waals surface area (Å²) in [6, 6.07) is 0.517. The van der Waals surface area contributed by atoms with Gasteiger partial charge in [0.1, 0.15) is 0 Å². The fraction of sp³-hybridized carbons (Fsp3) is 0.727. The molecule has 1 saturated heterocycles. The smallest absolute Gasteiger partial charge is 0.0897 e. The molecule has 1 atom stereocenters. The van der Waals surface area contributed by atoms with E-state index >= 15 is 0 Å². The van der Waals surface area contributed by atoms with Crippen LogP contribution in [0.25, 0.3) is 0 Å². The van der Waals surface area contributed by atoms with Crippen LogP contribution in [0.4, 0.5) is 0 Å². The highest BCUT2D eigenvalue weighted by molar-refractivity contribution is 7.11. The molecule has 0 aromatic carbocycles. The van der Waals surface area contributed by atoms with Gasteiger partial charge in [-0.3, -0.25) is 4.90 Å². The predicted octanol–water partition coefficient (Wildman–Crippen LogP) is 1.94. The number of aromatic nitrogens is 1. The normalized spacial score (nSPS) is 19.6. The average Bonchev–Trinajstić information content (AvgIpc) is 2.85. The summed E-state index contributed by atoms with van der Waals surface area (Å²) >= 11 is 1.81. The molecule has 2 heterocycles. The number of likely N-dealkylation sites (tertiary alicyclic amines) is 1. The van der Waals surface area contributed by atoms with Gasteiger partial charge in [0.2, 0.25) is 0 Å². The predicted molar refractivity (Wildman–Crippen MR) is 64.1 cm³/mol. The SMILES string of the molecule is Cc1ncc(C(CCN)N2CCCC2)s1. The molecule has 0 bridgehead atoms. The maximum atomic E-state index is 5.70. The fourth-order valence-electron chi connectivity index (χ4n) is 2.25. The van der Waals surface area contributed by atoms with Crippen molar-refractivity contribution >= 4 is 11.3 Å². The maximum Gasteiger partial charge on any atom is 0.0897 e. The molecule has 1 unspecified atom stereocenters. The zero-order valence-corrected chi connectivity index (χ0v) is 10.1. The molecule has 4 heteroatoms. The van der Waals surface area contributed by atoms with Crippen molar-refractivity contribution < 1.29 is 0 Å². The molecule has 1 aliphatic rings. The van der Waals surface area contributed by atoms with E-state index < -0.39 is 0 Å². The zero-order valence-electron chi connectivity index (χ0n) is 9.28. The second kappa shape index (κ2) is 5.05. The lowest BCUT2D eigenvalue weighted by molar-refractivity contribution is 0.239. The van der Waals surface area contributed by atoms with Gasteiger partial charge in [0.25, 0.3) is 0 Å². The highest BCUT2D eigenvalue weighted by Gasteiger charge is 2.24. The minimum atomic E-state index is 0.517. The van der Waals surface area contributed by atoms with Crippen LogP contribution in [-0.2, 0) is 0 Å². The van der Waals surface area contributed by atoms with E-state index in [1.165, 1.54) is 30.8 Å². The molecule has 1 aromatic heterocycles. The van der Waals surface area contributed by atoms with Crippen molar-refractivity contribution in [2.45, 2.75) is 32.2 Å². The Kier molecular flexibility index (Phi) is 3.72. The standard InChI is InChI=1S/C11H19N3S/c1-9-13-8-11(15-9)10(4-5-12)14-6-2-3-7-14/h8,10H,2-7,12H2,1H3. The quantitative estimate of drug-likeness (QED) is 0.851. The van der Waals surface area contributed by atoms with Gasteiger partial charge in [0.15, 0.2) is 0 Å². The largest absolute Gasteiger partial charge is 0.330 e. The van der Waals surface area contributed by atoms with E-state index in [2.05, 4.69) is 16.8 Å². The first-order valence-corrected chi connectivity index (χ1v) is 6.49. The van der Waals surface area contributed by atoms with Crippen molar-refractivity contribution in [1.29, 1.82) is 0 Å². The Hall–Kier alpha value is -0.450. The summed E-state index contributed by atoms with van der Waals surface area (Å²) in [5, 5.41) is 1.16. The molecule has 1 fully saturated rings. The third kappa shape index (κ3) is 2.56. The molecule has 0 radical (unpaired) electrons. The van der Waals surface area contributed by atoms with Gasteiger partial charge in [-0.1, -0.05) is 0 Å². The van der Waals surface area contributed by atoms with Crippen LogP contribution in [0, 0.1) is 6.92 Å². The van der Waals surface area contributed by atoms with Crippen LogP contribution in [0.2, 0.25) is 0 Å². The van der Waals surface area contributed by atoms with E-state index in [0.717, 1.165) is 18.0 Å². The third-order valence-electron chi connectivity index (χ3n) is 2.99. The van der Waals surface area contributed by atoms with E-state index in [1.807, 2.05) is 17.5 Å². The van der Waals surface area contributed by atoms with E-state index in [-0.39, 0.29) is 0 Å². The van der Waals surface area contributed by atoms with E-state index in [1.54, 1.807) is 0 Å². The molecule has 1 aliphatic heterocycles. The molecule has 15 heavy (non-hydrogen) atoms. The van der Waals surface area contributed by atoms with Crippen LogP contribution in [0.15, 0.2) is 6.20 Å². The minimum absolute atomic E-state index is 0.517. The summed E-state index contributed by atoms with van der Waals surface area (Å²) in [6.07, 6.45) is 5.75. The van der Waals surface area contributed by atoms with E-state index in [4.69, 9.17) is 5.73 Å². The first kappa shape index (κ1) is 11.0. The number of nitrogens with zero attached hydrogens (tertiary/aromatic N) is 2. The fourth-order valence-corrected chi connectivity index (χ4v) is 3.20. The molecule has 0 saturated carbocycles. The second-order valence-electron chi connectivity index (χ2n) is 4.12. The molecule has 0 amide bonds. The monoisotopic (exact) mass is 225 g/mol. The number of hydrogen-bond acceptors (Lipinski definition) is 4. The van der Waals surface area contributed by atoms with Crippen LogP contribution < -0.4 is 5.73 Å². The molecule has 84 valence electrons. The van der Waals surface area contributed by atoms with Gasteiger partial charge in [-0.15, -0.1) is 11.3 Å². The Morgan fingerprint density at radius 3 is 2.80 bits per heavy atom. The molecule has 2 N–H and O–H groups in total. The summed E-state index contributed by atoms with van der Waals surface area (Å²) in [5.74, 6) is 0. The van der Waals surface area contributed by atoms with Gasteiger partial charge in [0.05, 0.1) is 5.01 Å². The maximum absolute atomic E-state index is 5.70. The molecule has 3 nitrogen and oxygen atoms in total. The highest BCUT2D eigenvalue weighted by atomic mass is 32.1. The lowest BCUT2D eigenvalue weighted by atomic mass is 10.1. The first-order valence-electron chi connectivity index (χ1n) is 5.67. The zero-order chi connectivity index (χ0) is 10.7. The van der Waals surface area contributed by atoms with Crippen molar-refractivity contribution in [3.05, 3.63) is 16.1 Å². The van der Waals surface area contributed by atoms with Crippen molar-refractivity contribution in [2.24, 2.45) is 5.73 Å². The number of nitrogens with two attached hydrogens (primary N) is 1. The third-order valence-corrected chi connectivity index (χ3v) is 4.00. The Labute approximate surface area is 95.3 Å². The summed E-state index contributed by atoms with van der Waals surface area (Å²) in [5.41, 5.74) is 5.70. The van der Waals surface area contributed by atoms with Crippen LogP contribution >= 0.6 is 11.3 Å². The van der Waals surface area contributed by atoms with Gasteiger partial charge in [-0.05, 0) is 45.8 Å². The summed E-state index contributed by atoms with van der Waals surface area (Å²) in [7, 11) is 0. The van der Waals surface area contributed by atoms with Crippen LogP contribution in [0.5, 0.6) is 0 Å². The van der Waals surface area contributed by atoms with Gasteiger partial charge in [0, 0.05) is 17.1 Å². The number of hydrogen-bond donors (Lipinski definition) is 1. The molecule has 2 rings (SSSR count). The highest BCUT2D eigenvalue weighted by Crippen LogP contribution is 2.30.